The van der Waals surface area contributed by atoms with Crippen LogP contribution in [0.4, 0.5) is 4.39 Å². The first-order chi connectivity index (χ1) is 4.74. The highest BCUT2D eigenvalue weighted by molar-refractivity contribution is 7.80. The molecule has 0 aromatic heterocycles. The maximum Gasteiger partial charge on any atom is 0.123 e. The zero-order chi connectivity index (χ0) is 7.56. The summed E-state index contributed by atoms with van der Waals surface area (Å²) in [5.74, 6) is 0.0322. The number of thiol groups is 1. The average molecular weight is 177 g/mol. The molecule has 0 radical (unpaired) electrons. The van der Waals surface area contributed by atoms with Gasteiger partial charge >= 0.3 is 0 Å². The van der Waals surface area contributed by atoms with E-state index in [-0.39, 0.29) is 5.82 Å². The minimum Gasteiger partial charge on any atom is -0.207 e. The monoisotopic (exact) mass is 176 g/mol. The van der Waals surface area contributed by atoms with Crippen molar-refractivity contribution in [1.29, 1.82) is 0 Å². The van der Waals surface area contributed by atoms with Crippen molar-refractivity contribution in [3.63, 3.8) is 0 Å². The van der Waals surface area contributed by atoms with Gasteiger partial charge in [0.1, 0.15) is 5.82 Å². The molecule has 0 fully saturated rings. The van der Waals surface area contributed by atoms with E-state index in [1.165, 1.54) is 12.1 Å². The van der Waals surface area contributed by atoms with Crippen molar-refractivity contribution in [3.05, 3.63) is 29.6 Å². The summed E-state index contributed by atoms with van der Waals surface area (Å²) in [4.78, 5) is 0.733. The Morgan fingerprint density at radius 2 is 2.20 bits per heavy atom. The predicted molar refractivity (Wildman–Crippen MR) is 43.2 cm³/mol. The Balaban J connectivity index is 3.09. The van der Waals surface area contributed by atoms with Crippen LogP contribution in [0.1, 0.15) is 5.56 Å². The number of halogens is 2. The number of rotatable bonds is 1. The van der Waals surface area contributed by atoms with Gasteiger partial charge in [0.05, 0.1) is 0 Å². The van der Waals surface area contributed by atoms with Crippen molar-refractivity contribution in [2.75, 3.05) is 0 Å². The van der Waals surface area contributed by atoms with E-state index in [1.807, 2.05) is 0 Å². The summed E-state index contributed by atoms with van der Waals surface area (Å²) in [7, 11) is 0. The molecule has 0 amide bonds. The summed E-state index contributed by atoms with van der Waals surface area (Å²) >= 11 is 9.56. The Bertz CT molecular complexity index is 237. The fourth-order valence-corrected chi connectivity index (χ4v) is 1.19. The van der Waals surface area contributed by atoms with E-state index in [1.54, 1.807) is 6.07 Å². The van der Waals surface area contributed by atoms with E-state index in [0.717, 1.165) is 10.5 Å². The van der Waals surface area contributed by atoms with E-state index >= 15 is 0 Å². The van der Waals surface area contributed by atoms with Gasteiger partial charge in [0.25, 0.3) is 0 Å². The van der Waals surface area contributed by atoms with Gasteiger partial charge in [0.2, 0.25) is 0 Å². The molecule has 1 aromatic rings. The van der Waals surface area contributed by atoms with E-state index in [4.69, 9.17) is 11.6 Å². The lowest BCUT2D eigenvalue weighted by molar-refractivity contribution is 0.625. The normalized spacial score (nSPS) is 9.90. The van der Waals surface area contributed by atoms with Gasteiger partial charge in [-0.15, -0.1) is 24.2 Å². The molecule has 0 aliphatic heterocycles. The standard InChI is InChI=1S/C7H6ClFS/c8-4-5-3-6(9)1-2-7(5)10/h1-3,10H,4H2. The lowest BCUT2D eigenvalue weighted by Gasteiger charge is -1.98. The highest BCUT2D eigenvalue weighted by Crippen LogP contribution is 2.16. The maximum absolute atomic E-state index is 12.4. The molecule has 0 heterocycles. The molecule has 0 N–H and O–H groups in total. The van der Waals surface area contributed by atoms with E-state index in [9.17, 15) is 4.39 Å². The van der Waals surface area contributed by atoms with Crippen molar-refractivity contribution >= 4 is 24.2 Å². The SMILES string of the molecule is Fc1ccc(S)c(CCl)c1. The molecule has 3 heteroatoms. The van der Waals surface area contributed by atoms with Crippen LogP contribution in [-0.4, -0.2) is 0 Å². The fraction of sp³-hybridized carbons (Fsp3) is 0.143. The Morgan fingerprint density at radius 3 is 2.70 bits per heavy atom. The number of hydrogen-bond acceptors (Lipinski definition) is 1. The Labute approximate surface area is 69.4 Å². The van der Waals surface area contributed by atoms with Crippen molar-refractivity contribution in [2.45, 2.75) is 10.8 Å². The zero-order valence-electron chi connectivity index (χ0n) is 5.14. The van der Waals surface area contributed by atoms with Crippen LogP contribution in [-0.2, 0) is 5.88 Å². The number of alkyl halides is 1. The van der Waals surface area contributed by atoms with Crippen LogP contribution < -0.4 is 0 Å². The van der Waals surface area contributed by atoms with Crippen LogP contribution in [0, 0.1) is 5.82 Å². The van der Waals surface area contributed by atoms with Gasteiger partial charge in [-0.3, -0.25) is 0 Å². The number of hydrogen-bond donors (Lipinski definition) is 1. The quantitative estimate of drug-likeness (QED) is 0.494. The molecule has 0 nitrogen and oxygen atoms in total. The lowest BCUT2D eigenvalue weighted by Crippen LogP contribution is -1.82. The van der Waals surface area contributed by atoms with Gasteiger partial charge in [-0.2, -0.15) is 0 Å². The molecule has 0 saturated heterocycles. The summed E-state index contributed by atoms with van der Waals surface area (Å²) < 4.78 is 12.4. The van der Waals surface area contributed by atoms with Crippen LogP contribution in [0.15, 0.2) is 23.1 Å². The summed E-state index contributed by atoms with van der Waals surface area (Å²) in [5.41, 5.74) is 0.727. The molecular weight excluding hydrogens is 171 g/mol. The van der Waals surface area contributed by atoms with Crippen molar-refractivity contribution in [1.82, 2.24) is 0 Å². The molecule has 0 atom stereocenters. The minimum absolute atomic E-state index is 0.270. The summed E-state index contributed by atoms with van der Waals surface area (Å²) in [6.07, 6.45) is 0. The average Bonchev–Trinajstić information content (AvgIpc) is 1.94. The molecule has 0 saturated carbocycles. The highest BCUT2D eigenvalue weighted by atomic mass is 35.5. The third kappa shape index (κ3) is 1.64. The lowest BCUT2D eigenvalue weighted by atomic mass is 10.2. The van der Waals surface area contributed by atoms with Gasteiger partial charge < -0.3 is 0 Å². The molecule has 0 spiro atoms. The Kier molecular flexibility index (Phi) is 2.57. The van der Waals surface area contributed by atoms with Gasteiger partial charge in [0, 0.05) is 10.8 Å². The molecule has 0 aliphatic rings. The Hall–Kier alpha value is -0.210. The van der Waals surface area contributed by atoms with Crippen molar-refractivity contribution in [2.24, 2.45) is 0 Å². The fourth-order valence-electron chi connectivity index (χ4n) is 0.661. The molecule has 0 aliphatic carbocycles. The largest absolute Gasteiger partial charge is 0.207 e. The summed E-state index contributed by atoms with van der Waals surface area (Å²) in [5, 5.41) is 0. The van der Waals surface area contributed by atoms with E-state index < -0.39 is 0 Å². The van der Waals surface area contributed by atoms with Crippen LogP contribution in [0.25, 0.3) is 0 Å². The second-order valence-corrected chi connectivity index (χ2v) is 2.66. The third-order valence-corrected chi connectivity index (χ3v) is 1.91. The molecule has 10 heavy (non-hydrogen) atoms. The molecule has 1 rings (SSSR count). The first-order valence-electron chi connectivity index (χ1n) is 2.77. The first-order valence-corrected chi connectivity index (χ1v) is 3.75. The topological polar surface area (TPSA) is 0 Å². The molecule has 0 unspecified atom stereocenters. The minimum atomic E-state index is -0.270. The zero-order valence-corrected chi connectivity index (χ0v) is 6.79. The highest BCUT2D eigenvalue weighted by Gasteiger charge is 1.97. The van der Waals surface area contributed by atoms with Gasteiger partial charge in [-0.25, -0.2) is 4.39 Å². The molecule has 1 aromatic carbocycles. The van der Waals surface area contributed by atoms with Crippen LogP contribution in [0.5, 0.6) is 0 Å². The third-order valence-electron chi connectivity index (χ3n) is 1.19. The number of benzene rings is 1. The molecular formula is C7H6ClFS. The van der Waals surface area contributed by atoms with Gasteiger partial charge in [0.15, 0.2) is 0 Å². The summed E-state index contributed by atoms with van der Waals surface area (Å²) in [6.45, 7) is 0. The van der Waals surface area contributed by atoms with Crippen LogP contribution in [0.2, 0.25) is 0 Å². The molecule has 54 valence electrons. The predicted octanol–water partition coefficient (Wildman–Crippen LogP) is 2.85. The smallest absolute Gasteiger partial charge is 0.123 e. The summed E-state index contributed by atoms with van der Waals surface area (Å²) in [6, 6.07) is 4.34. The van der Waals surface area contributed by atoms with Crippen LogP contribution in [0.3, 0.4) is 0 Å². The maximum atomic E-state index is 12.4. The second-order valence-electron chi connectivity index (χ2n) is 1.91. The Morgan fingerprint density at radius 1 is 1.50 bits per heavy atom. The van der Waals surface area contributed by atoms with E-state index in [2.05, 4.69) is 12.6 Å². The first kappa shape index (κ1) is 7.89. The molecule has 0 bridgehead atoms. The van der Waals surface area contributed by atoms with Gasteiger partial charge in [-0.1, -0.05) is 0 Å². The second kappa shape index (κ2) is 3.26. The van der Waals surface area contributed by atoms with Crippen molar-refractivity contribution in [3.8, 4) is 0 Å². The van der Waals surface area contributed by atoms with Crippen LogP contribution >= 0.6 is 24.2 Å². The van der Waals surface area contributed by atoms with Crippen molar-refractivity contribution < 1.29 is 4.39 Å². The van der Waals surface area contributed by atoms with Gasteiger partial charge in [-0.05, 0) is 23.8 Å². The van der Waals surface area contributed by atoms with E-state index in [0.29, 0.717) is 5.88 Å².